The first-order valence-electron chi connectivity index (χ1n) is 18.8. The Labute approximate surface area is 316 Å². The second kappa shape index (κ2) is 19.1. The smallest absolute Gasteiger partial charge is 0.317 e. The maximum Gasteiger partial charge on any atom is 0.317 e. The number of alkyl halides is 2. The summed E-state index contributed by atoms with van der Waals surface area (Å²) in [7, 11) is 1.44. The Morgan fingerprint density at radius 3 is 1.87 bits per heavy atom. The summed E-state index contributed by atoms with van der Waals surface area (Å²) in [5.74, 6) is -5.76. The fraction of sp³-hybridized carbons (Fsp3) is 0.564. The first kappa shape index (κ1) is 42.1. The summed E-state index contributed by atoms with van der Waals surface area (Å²) in [6.07, 6.45) is 1.74. The molecule has 2 saturated heterocycles. The van der Waals surface area contributed by atoms with Crippen LogP contribution in [0, 0.1) is 11.3 Å². The van der Waals surface area contributed by atoms with Gasteiger partial charge in [-0.15, -0.1) is 0 Å². The van der Waals surface area contributed by atoms with Crippen LogP contribution in [0.1, 0.15) is 57.1 Å². The predicted molar refractivity (Wildman–Crippen MR) is 201 cm³/mol. The Bertz CT molecular complexity index is 1580. The van der Waals surface area contributed by atoms with Crippen LogP contribution in [0.4, 0.5) is 13.6 Å². The highest BCUT2D eigenvalue weighted by Gasteiger charge is 2.64. The summed E-state index contributed by atoms with van der Waals surface area (Å²) in [6.45, 7) is 3.07. The van der Waals surface area contributed by atoms with Gasteiger partial charge in [0.15, 0.2) is 0 Å². The number of hydrogen-bond donors (Lipinski definition) is 6. The van der Waals surface area contributed by atoms with E-state index in [0.29, 0.717) is 19.4 Å². The summed E-state index contributed by atoms with van der Waals surface area (Å²) in [5, 5.41) is 10.8. The third kappa shape index (κ3) is 11.0. The van der Waals surface area contributed by atoms with Gasteiger partial charge in [0.05, 0.1) is 18.0 Å². The van der Waals surface area contributed by atoms with E-state index in [1.54, 1.807) is 0 Å². The lowest BCUT2D eigenvalue weighted by Crippen LogP contribution is -2.72. The average molecular weight is 755 g/mol. The Morgan fingerprint density at radius 2 is 1.31 bits per heavy atom. The van der Waals surface area contributed by atoms with E-state index >= 15 is 8.78 Å². The van der Waals surface area contributed by atoms with Crippen molar-refractivity contribution in [1.82, 2.24) is 31.1 Å². The van der Waals surface area contributed by atoms with E-state index in [0.717, 1.165) is 16.0 Å². The highest BCUT2D eigenvalue weighted by molar-refractivity contribution is 5.95. The Morgan fingerprint density at radius 1 is 0.759 bits per heavy atom. The van der Waals surface area contributed by atoms with Gasteiger partial charge < -0.3 is 42.5 Å². The molecular weight excluding hydrogens is 698 g/mol. The molecule has 0 bridgehead atoms. The lowest BCUT2D eigenvalue weighted by Gasteiger charge is -2.57. The highest BCUT2D eigenvalue weighted by Crippen LogP contribution is 2.50. The number of nitrogens with zero attached hydrogens (tertiary/aromatic N) is 2. The number of amides is 6. The molecule has 2 aliphatic heterocycles. The van der Waals surface area contributed by atoms with E-state index in [9.17, 15) is 24.0 Å². The maximum absolute atomic E-state index is 15.6. The molecule has 2 aromatic carbocycles. The van der Waals surface area contributed by atoms with Gasteiger partial charge in [0.1, 0.15) is 18.1 Å². The van der Waals surface area contributed by atoms with Crippen LogP contribution in [0.5, 0.6) is 0 Å². The van der Waals surface area contributed by atoms with Crippen molar-refractivity contribution >= 4 is 29.7 Å². The maximum atomic E-state index is 15.6. The van der Waals surface area contributed by atoms with Gasteiger partial charge in [-0.05, 0) is 62.1 Å². The minimum atomic E-state index is -3.26. The number of hydrogen-bond acceptors (Lipinski definition) is 7. The van der Waals surface area contributed by atoms with Crippen molar-refractivity contribution in [3.05, 3.63) is 71.8 Å². The van der Waals surface area contributed by atoms with Gasteiger partial charge in [-0.3, -0.25) is 19.2 Å². The summed E-state index contributed by atoms with van der Waals surface area (Å²) >= 11 is 0. The molecule has 2 fully saturated rings. The van der Waals surface area contributed by atoms with Crippen LogP contribution in [0.15, 0.2) is 60.7 Å². The number of unbranched alkanes of at least 4 members (excludes halogenated alkanes) is 1. The number of piperidine rings is 1. The van der Waals surface area contributed by atoms with E-state index < -0.39 is 71.7 Å². The molecule has 2 aromatic rings. The van der Waals surface area contributed by atoms with Crippen molar-refractivity contribution in [3.63, 3.8) is 0 Å². The molecular formula is C39H56F2N8O5. The number of carbonyl (C=O) groups is 5. The van der Waals surface area contributed by atoms with Crippen LogP contribution >= 0.6 is 0 Å². The number of nitrogens with two attached hydrogens (primary N) is 2. The third-order valence-electron chi connectivity index (χ3n) is 10.3. The number of halogens is 2. The summed E-state index contributed by atoms with van der Waals surface area (Å²) < 4.78 is 31.3. The van der Waals surface area contributed by atoms with Gasteiger partial charge in [-0.1, -0.05) is 74.5 Å². The van der Waals surface area contributed by atoms with Crippen molar-refractivity contribution in [2.45, 2.75) is 88.9 Å². The van der Waals surface area contributed by atoms with Gasteiger partial charge in [-0.25, -0.2) is 13.6 Å². The molecule has 8 N–H and O–H groups in total. The van der Waals surface area contributed by atoms with Crippen LogP contribution in [0.3, 0.4) is 0 Å². The Kier molecular flexibility index (Phi) is 14.9. The van der Waals surface area contributed by atoms with Crippen LogP contribution in [-0.4, -0.2) is 109 Å². The van der Waals surface area contributed by atoms with Crippen molar-refractivity contribution in [2.75, 3.05) is 39.8 Å². The monoisotopic (exact) mass is 754 g/mol. The summed E-state index contributed by atoms with van der Waals surface area (Å²) in [4.78, 5) is 69.4. The molecule has 0 aliphatic carbocycles. The first-order valence-corrected chi connectivity index (χ1v) is 18.8. The lowest BCUT2D eigenvalue weighted by atomic mass is 9.69. The van der Waals surface area contributed by atoms with Crippen molar-refractivity contribution in [3.8, 4) is 0 Å². The summed E-state index contributed by atoms with van der Waals surface area (Å²) in [6, 6.07) is 13.7. The predicted octanol–water partition coefficient (Wildman–Crippen LogP) is 1.94. The second-order valence-corrected chi connectivity index (χ2v) is 15.0. The molecule has 296 valence electrons. The number of likely N-dealkylation sites (tertiary alicyclic amines) is 2. The molecule has 13 nitrogen and oxygen atoms in total. The van der Waals surface area contributed by atoms with Crippen LogP contribution < -0.4 is 32.7 Å². The Hall–Kier alpha value is -4.63. The SMILES string of the molecule is CNC(=O)N1CC2(CCN(C(=O)[C@@H](CCCCN)NC(=O)[C@@H](CC(C)C)NC(=O)[C@@H](Cc3ccccc3)NC(=O)[C@H](N)Cc3ccccc3)CC2(F)F)C1. The molecule has 0 radical (unpaired) electrons. The summed E-state index contributed by atoms with van der Waals surface area (Å²) in [5.41, 5.74) is 12.2. The Balaban J connectivity index is 1.48. The van der Waals surface area contributed by atoms with E-state index in [1.807, 2.05) is 74.5 Å². The minimum Gasteiger partial charge on any atom is -0.343 e. The normalized spacial score (nSPS) is 18.1. The molecule has 4 atom stereocenters. The minimum absolute atomic E-state index is 0.00172. The van der Waals surface area contributed by atoms with Gasteiger partial charge in [0.25, 0.3) is 5.92 Å². The van der Waals surface area contributed by atoms with Gasteiger partial charge in [0.2, 0.25) is 23.6 Å². The quantitative estimate of drug-likeness (QED) is 0.133. The van der Waals surface area contributed by atoms with E-state index in [1.165, 1.54) is 11.9 Å². The zero-order chi connectivity index (χ0) is 39.5. The fourth-order valence-electron chi connectivity index (χ4n) is 7.10. The molecule has 6 amide bonds. The van der Waals surface area contributed by atoms with Gasteiger partial charge in [-0.2, -0.15) is 0 Å². The molecule has 0 unspecified atom stereocenters. The fourth-order valence-corrected chi connectivity index (χ4v) is 7.10. The average Bonchev–Trinajstić information content (AvgIpc) is 3.12. The standard InChI is InChI=1S/C39H56F2N8O5/c1-26(2)20-31(47-35(52)32(22-28-14-8-5-9-15-28)46-33(50)29(43)21-27-12-6-4-7-13-27)34(51)45-30(16-10-11-18-42)36(53)48-19-17-38(39(40,41)25-48)23-49(24-38)37(54)44-3/h4-9,12-15,26,29-32H,10-11,16-25,42-43H2,1-3H3,(H,44,54)(H,45,51)(H,46,50)(H,47,52)/t29-,30-,31-,32-/m1/s1. The van der Waals surface area contributed by atoms with Crippen molar-refractivity contribution < 1.29 is 32.8 Å². The highest BCUT2D eigenvalue weighted by atomic mass is 19.3. The van der Waals surface area contributed by atoms with Crippen molar-refractivity contribution in [1.29, 1.82) is 0 Å². The number of benzene rings is 2. The van der Waals surface area contributed by atoms with E-state index in [4.69, 9.17) is 11.5 Å². The lowest BCUT2D eigenvalue weighted by molar-refractivity contribution is -0.215. The van der Waals surface area contributed by atoms with Crippen LogP contribution in [0.2, 0.25) is 0 Å². The zero-order valence-corrected chi connectivity index (χ0v) is 31.5. The molecule has 0 saturated carbocycles. The molecule has 54 heavy (non-hydrogen) atoms. The number of nitrogens with one attached hydrogen (secondary N) is 4. The van der Waals surface area contributed by atoms with E-state index in [-0.39, 0.29) is 57.7 Å². The van der Waals surface area contributed by atoms with Crippen LogP contribution in [-0.2, 0) is 32.0 Å². The van der Waals surface area contributed by atoms with Crippen molar-refractivity contribution in [2.24, 2.45) is 22.8 Å². The molecule has 2 aliphatic rings. The molecule has 1 spiro atoms. The number of carbonyl (C=O) groups excluding carboxylic acids is 5. The second-order valence-electron chi connectivity index (χ2n) is 15.0. The third-order valence-corrected chi connectivity index (χ3v) is 10.3. The first-order chi connectivity index (χ1) is 25.7. The molecule has 4 rings (SSSR count). The van der Waals surface area contributed by atoms with Gasteiger partial charge >= 0.3 is 6.03 Å². The zero-order valence-electron chi connectivity index (χ0n) is 31.5. The van der Waals surface area contributed by atoms with Crippen LogP contribution in [0.25, 0.3) is 0 Å². The largest absolute Gasteiger partial charge is 0.343 e. The van der Waals surface area contributed by atoms with Gasteiger partial charge in [0, 0.05) is 33.1 Å². The number of urea groups is 1. The molecule has 15 heteroatoms. The number of rotatable bonds is 17. The van der Waals surface area contributed by atoms with E-state index in [2.05, 4.69) is 21.3 Å². The topological polar surface area (TPSA) is 192 Å². The molecule has 2 heterocycles. The molecule has 0 aromatic heterocycles.